The van der Waals surface area contributed by atoms with Crippen LogP contribution in [-0.4, -0.2) is 52.3 Å². The molecule has 2 N–H and O–H groups in total. The van der Waals surface area contributed by atoms with E-state index in [-0.39, 0.29) is 6.10 Å². The summed E-state index contributed by atoms with van der Waals surface area (Å²) in [5.74, 6) is 0.714. The Hall–Kier alpha value is -1.20. The minimum absolute atomic E-state index is 0.0835. The van der Waals surface area contributed by atoms with E-state index >= 15 is 0 Å². The Balaban J connectivity index is 1.61. The number of nitrogens with zero attached hydrogens (tertiary/aromatic N) is 3. The van der Waals surface area contributed by atoms with Crippen molar-refractivity contribution < 1.29 is 5.11 Å². The highest BCUT2D eigenvalue weighted by Crippen LogP contribution is 2.10. The third kappa shape index (κ3) is 4.76. The Morgan fingerprint density at radius 3 is 2.63 bits per heavy atom. The second-order valence-electron chi connectivity index (χ2n) is 5.12. The standard InChI is InChI=1S/C14H24N4O/c1-2-12-10-16-14(17-11-12)15-6-3-7-18-8-4-13(19)5-9-18/h10-11,13,19H,2-9H2,1H3,(H,15,16,17). The van der Waals surface area contributed by atoms with Crippen molar-refractivity contribution in [2.24, 2.45) is 0 Å². The summed E-state index contributed by atoms with van der Waals surface area (Å²) in [7, 11) is 0. The molecule has 1 fully saturated rings. The fourth-order valence-electron chi connectivity index (χ4n) is 2.27. The summed E-state index contributed by atoms with van der Waals surface area (Å²) in [4.78, 5) is 11.0. The molecular weight excluding hydrogens is 240 g/mol. The maximum Gasteiger partial charge on any atom is 0.222 e. The van der Waals surface area contributed by atoms with Crippen molar-refractivity contribution in [2.75, 3.05) is 31.5 Å². The van der Waals surface area contributed by atoms with E-state index in [1.165, 1.54) is 0 Å². The predicted molar refractivity (Wildman–Crippen MR) is 76.2 cm³/mol. The molecule has 1 aliphatic heterocycles. The summed E-state index contributed by atoms with van der Waals surface area (Å²) in [6.45, 7) is 6.10. The highest BCUT2D eigenvalue weighted by Gasteiger charge is 2.15. The number of aliphatic hydroxyl groups excluding tert-OH is 1. The predicted octanol–water partition coefficient (Wildman–Crippen LogP) is 1.30. The van der Waals surface area contributed by atoms with Crippen LogP contribution in [0, 0.1) is 0 Å². The number of anilines is 1. The summed E-state index contributed by atoms with van der Waals surface area (Å²) in [6, 6.07) is 0. The Morgan fingerprint density at radius 2 is 2.00 bits per heavy atom. The van der Waals surface area contributed by atoms with Crippen LogP contribution in [0.1, 0.15) is 31.7 Å². The minimum atomic E-state index is -0.0835. The quantitative estimate of drug-likeness (QED) is 0.758. The van der Waals surface area contributed by atoms with E-state index in [9.17, 15) is 5.11 Å². The van der Waals surface area contributed by atoms with Crippen LogP contribution in [0.5, 0.6) is 0 Å². The summed E-state index contributed by atoms with van der Waals surface area (Å²) in [6.07, 6.45) is 7.54. The Labute approximate surface area is 115 Å². The molecule has 0 spiro atoms. The topological polar surface area (TPSA) is 61.3 Å². The van der Waals surface area contributed by atoms with Crippen molar-refractivity contribution >= 4 is 5.95 Å². The molecule has 0 radical (unpaired) electrons. The van der Waals surface area contributed by atoms with Gasteiger partial charge in [0.05, 0.1) is 6.10 Å². The lowest BCUT2D eigenvalue weighted by atomic mass is 10.1. The van der Waals surface area contributed by atoms with E-state index < -0.39 is 0 Å². The number of aromatic nitrogens is 2. The molecular formula is C14H24N4O. The van der Waals surface area contributed by atoms with Gasteiger partial charge in [-0.05, 0) is 37.8 Å². The molecule has 0 aromatic carbocycles. The van der Waals surface area contributed by atoms with Crippen LogP contribution < -0.4 is 5.32 Å². The zero-order chi connectivity index (χ0) is 13.5. The molecule has 1 saturated heterocycles. The zero-order valence-corrected chi connectivity index (χ0v) is 11.7. The van der Waals surface area contributed by atoms with Crippen LogP contribution in [0.3, 0.4) is 0 Å². The normalized spacial score (nSPS) is 17.6. The third-order valence-electron chi connectivity index (χ3n) is 3.60. The van der Waals surface area contributed by atoms with E-state index in [1.54, 1.807) is 0 Å². The van der Waals surface area contributed by atoms with Crippen LogP contribution in [0.2, 0.25) is 0 Å². The Bertz CT molecular complexity index is 360. The van der Waals surface area contributed by atoms with Crippen LogP contribution in [0.15, 0.2) is 12.4 Å². The van der Waals surface area contributed by atoms with E-state index in [2.05, 4.69) is 27.1 Å². The van der Waals surface area contributed by atoms with Crippen molar-refractivity contribution in [1.82, 2.24) is 14.9 Å². The molecule has 1 aromatic heterocycles. The fourth-order valence-corrected chi connectivity index (χ4v) is 2.27. The van der Waals surface area contributed by atoms with Crippen molar-refractivity contribution in [2.45, 2.75) is 38.7 Å². The Kier molecular flexibility index (Phi) is 5.54. The lowest BCUT2D eigenvalue weighted by Gasteiger charge is -2.29. The number of aliphatic hydroxyl groups is 1. The number of hydrogen-bond acceptors (Lipinski definition) is 5. The molecule has 0 bridgehead atoms. The first kappa shape index (κ1) is 14.2. The second-order valence-corrected chi connectivity index (χ2v) is 5.12. The molecule has 5 heteroatoms. The molecule has 0 atom stereocenters. The maximum absolute atomic E-state index is 9.43. The number of rotatable bonds is 6. The van der Waals surface area contributed by atoms with E-state index in [1.807, 2.05) is 12.4 Å². The zero-order valence-electron chi connectivity index (χ0n) is 11.7. The number of likely N-dealkylation sites (tertiary alicyclic amines) is 1. The maximum atomic E-state index is 9.43. The molecule has 1 aliphatic rings. The molecule has 0 unspecified atom stereocenters. The summed E-state index contributed by atoms with van der Waals surface area (Å²) < 4.78 is 0. The molecule has 2 heterocycles. The van der Waals surface area contributed by atoms with Gasteiger partial charge < -0.3 is 15.3 Å². The van der Waals surface area contributed by atoms with Crippen molar-refractivity contribution in [1.29, 1.82) is 0 Å². The van der Waals surface area contributed by atoms with Gasteiger partial charge in [0, 0.05) is 32.0 Å². The van der Waals surface area contributed by atoms with Crippen LogP contribution in [0.4, 0.5) is 5.95 Å². The molecule has 0 amide bonds. The number of piperidine rings is 1. The average molecular weight is 264 g/mol. The van der Waals surface area contributed by atoms with Gasteiger partial charge in [-0.15, -0.1) is 0 Å². The Morgan fingerprint density at radius 1 is 1.32 bits per heavy atom. The average Bonchev–Trinajstić information content (AvgIpc) is 2.46. The van der Waals surface area contributed by atoms with Crippen LogP contribution in [-0.2, 0) is 6.42 Å². The van der Waals surface area contributed by atoms with E-state index in [0.29, 0.717) is 5.95 Å². The van der Waals surface area contributed by atoms with Gasteiger partial charge in [-0.2, -0.15) is 0 Å². The molecule has 5 nitrogen and oxygen atoms in total. The molecule has 2 rings (SSSR count). The van der Waals surface area contributed by atoms with Gasteiger partial charge in [0.1, 0.15) is 0 Å². The van der Waals surface area contributed by atoms with Crippen LogP contribution >= 0.6 is 0 Å². The highest BCUT2D eigenvalue weighted by molar-refractivity contribution is 5.24. The van der Waals surface area contributed by atoms with Crippen molar-refractivity contribution in [3.05, 3.63) is 18.0 Å². The summed E-state index contributed by atoms with van der Waals surface area (Å²) >= 11 is 0. The van der Waals surface area contributed by atoms with Crippen LogP contribution in [0.25, 0.3) is 0 Å². The van der Waals surface area contributed by atoms with E-state index in [0.717, 1.165) is 57.4 Å². The van der Waals surface area contributed by atoms with Gasteiger partial charge in [0.15, 0.2) is 0 Å². The van der Waals surface area contributed by atoms with Gasteiger partial charge in [-0.3, -0.25) is 0 Å². The molecule has 1 aromatic rings. The molecule has 106 valence electrons. The van der Waals surface area contributed by atoms with E-state index in [4.69, 9.17) is 0 Å². The first-order valence-corrected chi connectivity index (χ1v) is 7.23. The summed E-state index contributed by atoms with van der Waals surface area (Å²) in [5.41, 5.74) is 1.16. The molecule has 19 heavy (non-hydrogen) atoms. The van der Waals surface area contributed by atoms with Gasteiger partial charge in [0.25, 0.3) is 0 Å². The smallest absolute Gasteiger partial charge is 0.222 e. The minimum Gasteiger partial charge on any atom is -0.393 e. The van der Waals surface area contributed by atoms with Crippen molar-refractivity contribution in [3.8, 4) is 0 Å². The fraction of sp³-hybridized carbons (Fsp3) is 0.714. The lowest BCUT2D eigenvalue weighted by Crippen LogP contribution is -2.36. The monoisotopic (exact) mass is 264 g/mol. The van der Waals surface area contributed by atoms with Gasteiger partial charge in [-0.25, -0.2) is 9.97 Å². The second kappa shape index (κ2) is 7.40. The third-order valence-corrected chi connectivity index (χ3v) is 3.60. The number of hydrogen-bond donors (Lipinski definition) is 2. The highest BCUT2D eigenvalue weighted by atomic mass is 16.3. The van der Waals surface area contributed by atoms with Gasteiger partial charge in [0.2, 0.25) is 5.95 Å². The largest absolute Gasteiger partial charge is 0.393 e. The van der Waals surface area contributed by atoms with Gasteiger partial charge in [-0.1, -0.05) is 6.92 Å². The first-order chi connectivity index (χ1) is 9.28. The molecule has 0 aliphatic carbocycles. The lowest BCUT2D eigenvalue weighted by molar-refractivity contribution is 0.0825. The number of nitrogens with one attached hydrogen (secondary N) is 1. The molecule has 0 saturated carbocycles. The summed E-state index contributed by atoms with van der Waals surface area (Å²) in [5, 5.41) is 12.7. The van der Waals surface area contributed by atoms with Gasteiger partial charge >= 0.3 is 0 Å². The SMILES string of the molecule is CCc1cnc(NCCCN2CCC(O)CC2)nc1. The van der Waals surface area contributed by atoms with Crippen molar-refractivity contribution in [3.63, 3.8) is 0 Å². The number of aryl methyl sites for hydroxylation is 1. The first-order valence-electron chi connectivity index (χ1n) is 7.23.